The molecule has 1 saturated carbocycles. The number of hydrogen-bond donors (Lipinski definition) is 1. The number of alkyl halides is 1. The highest BCUT2D eigenvalue weighted by atomic mass is 79.9. The zero-order chi connectivity index (χ0) is 10.3. The van der Waals surface area contributed by atoms with Gasteiger partial charge in [0.05, 0.1) is 4.83 Å². The number of carbonyl (C=O) groups is 1. The van der Waals surface area contributed by atoms with Crippen molar-refractivity contribution in [2.24, 2.45) is 5.41 Å². The number of hydrogen-bond acceptors (Lipinski definition) is 2. The van der Waals surface area contributed by atoms with E-state index < -0.39 is 5.60 Å². The smallest absolute Gasteiger partial charge is 0.178 e. The minimum absolute atomic E-state index is 0.0498. The molecule has 0 amide bonds. The van der Waals surface area contributed by atoms with E-state index in [2.05, 4.69) is 15.9 Å². The van der Waals surface area contributed by atoms with Crippen LogP contribution in [0.2, 0.25) is 0 Å². The number of rotatable bonds is 0. The third kappa shape index (κ3) is 1.82. The van der Waals surface area contributed by atoms with E-state index in [9.17, 15) is 9.90 Å². The van der Waals surface area contributed by atoms with Crippen molar-refractivity contribution in [3.05, 3.63) is 0 Å². The van der Waals surface area contributed by atoms with E-state index in [1.54, 1.807) is 0 Å². The zero-order valence-corrected chi connectivity index (χ0v) is 10.0. The first kappa shape index (κ1) is 11.2. The van der Waals surface area contributed by atoms with Gasteiger partial charge in [0.25, 0.3) is 0 Å². The van der Waals surface area contributed by atoms with Gasteiger partial charge in [-0.05, 0) is 24.7 Å². The summed E-state index contributed by atoms with van der Waals surface area (Å²) in [5.74, 6) is -0.0498. The van der Waals surface area contributed by atoms with E-state index in [1.165, 1.54) is 0 Å². The third-order valence-corrected chi connectivity index (χ3v) is 3.80. The molecule has 1 aliphatic rings. The predicted molar refractivity (Wildman–Crippen MR) is 56.0 cm³/mol. The Balaban J connectivity index is 2.95. The molecule has 76 valence electrons. The van der Waals surface area contributed by atoms with E-state index in [-0.39, 0.29) is 16.0 Å². The molecule has 0 aromatic carbocycles. The summed E-state index contributed by atoms with van der Waals surface area (Å²) in [4.78, 5) is 11.6. The van der Waals surface area contributed by atoms with Crippen molar-refractivity contribution in [1.82, 2.24) is 0 Å². The molecule has 1 fully saturated rings. The summed E-state index contributed by atoms with van der Waals surface area (Å²) in [5.41, 5.74) is -1.50. The van der Waals surface area contributed by atoms with E-state index in [0.29, 0.717) is 6.42 Å². The zero-order valence-electron chi connectivity index (χ0n) is 8.43. The highest BCUT2D eigenvalue weighted by Gasteiger charge is 2.50. The van der Waals surface area contributed by atoms with Gasteiger partial charge < -0.3 is 5.11 Å². The molecule has 0 heterocycles. The van der Waals surface area contributed by atoms with Crippen molar-refractivity contribution in [3.63, 3.8) is 0 Å². The summed E-state index contributed by atoms with van der Waals surface area (Å²) in [6, 6.07) is 0. The minimum Gasteiger partial charge on any atom is -0.381 e. The van der Waals surface area contributed by atoms with Crippen LogP contribution in [0.5, 0.6) is 0 Å². The normalized spacial score (nSPS) is 36.4. The second-order valence-corrected chi connectivity index (χ2v) is 5.94. The summed E-state index contributed by atoms with van der Waals surface area (Å²) in [5, 5.41) is 10.3. The maximum Gasteiger partial charge on any atom is 0.178 e. The van der Waals surface area contributed by atoms with Crippen LogP contribution in [-0.2, 0) is 4.79 Å². The molecule has 2 atom stereocenters. The summed E-state index contributed by atoms with van der Waals surface area (Å²) in [7, 11) is 0. The molecular weight excluding hydrogens is 232 g/mol. The van der Waals surface area contributed by atoms with Gasteiger partial charge in [0, 0.05) is 0 Å². The SMILES string of the molecule is CC(C)(C)[C@]1(O)CCC[C@@H](Br)C1=O. The number of carbonyl (C=O) groups excluding carboxylic acids is 1. The van der Waals surface area contributed by atoms with Crippen molar-refractivity contribution in [2.75, 3.05) is 0 Å². The molecule has 1 aliphatic carbocycles. The van der Waals surface area contributed by atoms with E-state index in [0.717, 1.165) is 12.8 Å². The molecule has 0 aliphatic heterocycles. The summed E-state index contributed by atoms with van der Waals surface area (Å²) in [6.07, 6.45) is 2.35. The molecule has 0 aromatic heterocycles. The third-order valence-electron chi connectivity index (χ3n) is 2.93. The van der Waals surface area contributed by atoms with Crippen LogP contribution in [0.15, 0.2) is 0 Å². The largest absolute Gasteiger partial charge is 0.381 e. The van der Waals surface area contributed by atoms with Gasteiger partial charge >= 0.3 is 0 Å². The summed E-state index contributed by atoms with van der Waals surface area (Å²) < 4.78 is 0. The second-order valence-electron chi connectivity index (χ2n) is 4.83. The quantitative estimate of drug-likeness (QED) is 0.669. The fourth-order valence-corrected chi connectivity index (χ4v) is 2.50. The van der Waals surface area contributed by atoms with Crippen LogP contribution in [0, 0.1) is 5.41 Å². The number of halogens is 1. The molecule has 0 unspecified atom stereocenters. The Bertz CT molecular complexity index is 219. The van der Waals surface area contributed by atoms with Gasteiger partial charge in [-0.1, -0.05) is 36.7 Å². The summed E-state index contributed by atoms with van der Waals surface area (Å²) >= 11 is 3.31. The monoisotopic (exact) mass is 248 g/mol. The van der Waals surface area contributed by atoms with E-state index in [1.807, 2.05) is 20.8 Å². The Kier molecular flexibility index (Phi) is 2.89. The fraction of sp³-hybridized carbons (Fsp3) is 0.900. The lowest BCUT2D eigenvalue weighted by atomic mass is 9.67. The topological polar surface area (TPSA) is 37.3 Å². The van der Waals surface area contributed by atoms with Crippen LogP contribution in [-0.4, -0.2) is 21.3 Å². The second kappa shape index (κ2) is 3.35. The predicted octanol–water partition coefficient (Wildman–Crippen LogP) is 2.28. The number of aliphatic hydroxyl groups is 1. The number of Topliss-reactive ketones (excluding diaryl/α,β-unsaturated/α-hetero) is 1. The maximum absolute atomic E-state index is 11.8. The fourth-order valence-electron chi connectivity index (χ4n) is 1.80. The van der Waals surface area contributed by atoms with Crippen LogP contribution in [0.25, 0.3) is 0 Å². The van der Waals surface area contributed by atoms with Crippen LogP contribution in [0.1, 0.15) is 40.0 Å². The molecule has 0 aromatic rings. The van der Waals surface area contributed by atoms with Gasteiger partial charge in [0.15, 0.2) is 5.78 Å². The van der Waals surface area contributed by atoms with Gasteiger partial charge in [-0.15, -0.1) is 0 Å². The molecule has 1 rings (SSSR count). The molecule has 0 radical (unpaired) electrons. The molecular formula is C10H17BrO2. The Labute approximate surface area is 87.8 Å². The maximum atomic E-state index is 11.8. The highest BCUT2D eigenvalue weighted by Crippen LogP contribution is 2.41. The molecule has 0 bridgehead atoms. The average molecular weight is 249 g/mol. The lowest BCUT2D eigenvalue weighted by Crippen LogP contribution is -2.55. The highest BCUT2D eigenvalue weighted by molar-refractivity contribution is 9.10. The molecule has 3 heteroatoms. The van der Waals surface area contributed by atoms with Crippen molar-refractivity contribution in [1.29, 1.82) is 0 Å². The molecule has 1 N–H and O–H groups in total. The van der Waals surface area contributed by atoms with Gasteiger partial charge in [0.1, 0.15) is 5.60 Å². The summed E-state index contributed by atoms with van der Waals surface area (Å²) in [6.45, 7) is 5.74. The van der Waals surface area contributed by atoms with Crippen molar-refractivity contribution < 1.29 is 9.90 Å². The van der Waals surface area contributed by atoms with Gasteiger partial charge in [-0.3, -0.25) is 4.79 Å². The van der Waals surface area contributed by atoms with Crippen molar-refractivity contribution in [2.45, 2.75) is 50.5 Å². The molecule has 13 heavy (non-hydrogen) atoms. The first-order chi connectivity index (χ1) is 5.79. The van der Waals surface area contributed by atoms with Crippen LogP contribution in [0.3, 0.4) is 0 Å². The number of ketones is 1. The Hall–Kier alpha value is 0.110. The average Bonchev–Trinajstić information content (AvgIpc) is 1.98. The van der Waals surface area contributed by atoms with Crippen LogP contribution >= 0.6 is 15.9 Å². The standard InChI is InChI=1S/C10H17BrO2/c1-9(2,3)10(13)6-4-5-7(11)8(10)12/h7,13H,4-6H2,1-3H3/t7-,10+/m1/s1. The molecule has 0 saturated heterocycles. The minimum atomic E-state index is -1.14. The lowest BCUT2D eigenvalue weighted by Gasteiger charge is -2.42. The Morgan fingerprint density at radius 2 is 2.08 bits per heavy atom. The van der Waals surface area contributed by atoms with Crippen LogP contribution < -0.4 is 0 Å². The first-order valence-corrected chi connectivity index (χ1v) is 5.61. The van der Waals surface area contributed by atoms with Gasteiger partial charge in [0.2, 0.25) is 0 Å². The Morgan fingerprint density at radius 3 is 2.46 bits per heavy atom. The Morgan fingerprint density at radius 1 is 1.54 bits per heavy atom. The van der Waals surface area contributed by atoms with Crippen molar-refractivity contribution >= 4 is 21.7 Å². The van der Waals surface area contributed by atoms with Crippen LogP contribution in [0.4, 0.5) is 0 Å². The van der Waals surface area contributed by atoms with Gasteiger partial charge in [-0.25, -0.2) is 0 Å². The first-order valence-electron chi connectivity index (χ1n) is 4.70. The van der Waals surface area contributed by atoms with Crippen molar-refractivity contribution in [3.8, 4) is 0 Å². The van der Waals surface area contributed by atoms with E-state index >= 15 is 0 Å². The van der Waals surface area contributed by atoms with Gasteiger partial charge in [-0.2, -0.15) is 0 Å². The van der Waals surface area contributed by atoms with E-state index in [4.69, 9.17) is 0 Å². The molecule has 0 spiro atoms. The lowest BCUT2D eigenvalue weighted by molar-refractivity contribution is -0.153. The molecule has 2 nitrogen and oxygen atoms in total.